The zero-order chi connectivity index (χ0) is 35.5. The Morgan fingerprint density at radius 3 is 2.76 bits per heavy atom. The number of nitrogens with zero attached hydrogens (tertiary/aromatic N) is 7. The molecule has 12 nitrogen and oxygen atoms in total. The molecule has 2 fully saturated rings. The lowest BCUT2D eigenvalue weighted by atomic mass is 9.94. The molecular formula is C32H36Cl2F4N8O4. The van der Waals surface area contributed by atoms with Crippen molar-refractivity contribution in [2.45, 2.75) is 75.8 Å². The minimum Gasteiger partial charge on any atom is -0.461 e. The number of fused-ring (bicyclic) bond motifs is 3. The zero-order valence-corrected chi connectivity index (χ0v) is 28.9. The highest BCUT2D eigenvalue weighted by Gasteiger charge is 2.49. The molecule has 0 radical (unpaired) electrons. The number of aryl methyl sites for hydroxylation is 1. The van der Waals surface area contributed by atoms with Gasteiger partial charge in [0.1, 0.15) is 18.6 Å². The molecule has 0 unspecified atom stereocenters. The van der Waals surface area contributed by atoms with Gasteiger partial charge in [-0.2, -0.15) is 28.2 Å². The average Bonchev–Trinajstić information content (AvgIpc) is 3.63. The van der Waals surface area contributed by atoms with Crippen LogP contribution in [0.3, 0.4) is 0 Å². The maximum absolute atomic E-state index is 14.5. The number of alkyl halides is 4. The number of aromatic nitrogens is 4. The summed E-state index contributed by atoms with van der Waals surface area (Å²) >= 11 is 12.8. The van der Waals surface area contributed by atoms with Crippen molar-refractivity contribution >= 4 is 40.6 Å². The molecule has 0 aliphatic carbocycles. The van der Waals surface area contributed by atoms with Crippen LogP contribution in [-0.4, -0.2) is 87.7 Å². The SMILES string of the molecule is CON(C)C(=O)c1nn2c(c1Cl)CN(c1nc(OC[C@@]34CCCN3C[C@H](F)C4)nc3c1CO[C@H](c1cc(N)cc(Cl)c1C(F)(F)F)C3)CCC2. The summed E-state index contributed by atoms with van der Waals surface area (Å²) in [5.41, 5.74) is 5.93. The Bertz CT molecular complexity index is 1810. The van der Waals surface area contributed by atoms with Gasteiger partial charge in [0.15, 0.2) is 5.69 Å². The predicted octanol–water partition coefficient (Wildman–Crippen LogP) is 5.39. The number of nitrogens with two attached hydrogens (primary N) is 1. The number of amides is 1. The van der Waals surface area contributed by atoms with Crippen molar-refractivity contribution in [3.8, 4) is 6.01 Å². The van der Waals surface area contributed by atoms with Crippen LogP contribution >= 0.6 is 23.2 Å². The number of anilines is 2. The third kappa shape index (κ3) is 6.33. The maximum atomic E-state index is 14.5. The van der Waals surface area contributed by atoms with Gasteiger partial charge in [-0.05, 0) is 43.5 Å². The fraction of sp³-hybridized carbons (Fsp3) is 0.562. The van der Waals surface area contributed by atoms with Gasteiger partial charge in [-0.25, -0.2) is 9.45 Å². The van der Waals surface area contributed by atoms with Crippen molar-refractivity contribution in [1.29, 1.82) is 0 Å². The van der Waals surface area contributed by atoms with E-state index in [0.717, 1.165) is 30.5 Å². The van der Waals surface area contributed by atoms with E-state index in [4.69, 9.17) is 53.2 Å². The fourth-order valence-corrected chi connectivity index (χ4v) is 8.26. The number of hydrogen-bond donors (Lipinski definition) is 1. The molecule has 50 heavy (non-hydrogen) atoms. The summed E-state index contributed by atoms with van der Waals surface area (Å²) in [4.78, 5) is 31.5. The number of halogens is 6. The van der Waals surface area contributed by atoms with Crippen molar-refractivity contribution < 1.29 is 36.7 Å². The minimum atomic E-state index is -4.76. The van der Waals surface area contributed by atoms with E-state index in [0.29, 0.717) is 55.2 Å². The second-order valence-electron chi connectivity index (χ2n) is 13.2. The summed E-state index contributed by atoms with van der Waals surface area (Å²) in [6.45, 7) is 2.32. The van der Waals surface area contributed by atoms with Gasteiger partial charge in [0.05, 0.1) is 58.9 Å². The van der Waals surface area contributed by atoms with Gasteiger partial charge in [0.25, 0.3) is 5.91 Å². The van der Waals surface area contributed by atoms with Crippen LogP contribution < -0.4 is 15.4 Å². The Hall–Kier alpha value is -3.44. The third-order valence-electron chi connectivity index (χ3n) is 10.1. The van der Waals surface area contributed by atoms with Crippen LogP contribution in [0.4, 0.5) is 29.1 Å². The van der Waals surface area contributed by atoms with Crippen molar-refractivity contribution in [2.24, 2.45) is 0 Å². The van der Waals surface area contributed by atoms with Gasteiger partial charge in [-0.3, -0.25) is 19.2 Å². The Balaban J connectivity index is 1.26. The van der Waals surface area contributed by atoms with E-state index in [9.17, 15) is 22.4 Å². The van der Waals surface area contributed by atoms with Crippen LogP contribution in [0.25, 0.3) is 0 Å². The molecule has 3 atom stereocenters. The molecule has 0 bridgehead atoms. The highest BCUT2D eigenvalue weighted by Crippen LogP contribution is 2.45. The Morgan fingerprint density at radius 2 is 2.00 bits per heavy atom. The molecule has 2 saturated heterocycles. The quantitative estimate of drug-likeness (QED) is 0.191. The van der Waals surface area contributed by atoms with E-state index in [-0.39, 0.29) is 54.2 Å². The van der Waals surface area contributed by atoms with Crippen LogP contribution in [0.1, 0.15) is 70.4 Å². The molecule has 18 heteroatoms. The maximum Gasteiger partial charge on any atom is 0.418 e. The normalized spacial score (nSPS) is 23.7. The van der Waals surface area contributed by atoms with Crippen molar-refractivity contribution in [1.82, 2.24) is 29.7 Å². The van der Waals surface area contributed by atoms with Gasteiger partial charge in [0.2, 0.25) is 0 Å². The average molecular weight is 744 g/mol. The number of hydrogen-bond acceptors (Lipinski definition) is 10. The smallest absolute Gasteiger partial charge is 0.418 e. The Kier molecular flexibility index (Phi) is 9.29. The Labute approximate surface area is 295 Å². The molecule has 0 saturated carbocycles. The molecule has 7 rings (SSSR count). The molecule has 3 aromatic rings. The van der Waals surface area contributed by atoms with E-state index < -0.39 is 40.5 Å². The van der Waals surface area contributed by atoms with Gasteiger partial charge in [-0.1, -0.05) is 23.2 Å². The van der Waals surface area contributed by atoms with Crippen LogP contribution in [0.2, 0.25) is 10.0 Å². The summed E-state index contributed by atoms with van der Waals surface area (Å²) < 4.78 is 71.3. The molecular weight excluding hydrogens is 707 g/mol. The summed E-state index contributed by atoms with van der Waals surface area (Å²) in [5, 5.41) is 5.14. The summed E-state index contributed by atoms with van der Waals surface area (Å²) in [6.07, 6.45) is -4.22. The molecule has 6 heterocycles. The number of carbonyl (C=O) groups excluding carboxylic acids is 1. The first-order valence-corrected chi connectivity index (χ1v) is 17.1. The number of rotatable bonds is 7. The molecule has 2 aromatic heterocycles. The molecule has 0 spiro atoms. The summed E-state index contributed by atoms with van der Waals surface area (Å²) in [5.74, 6) is -0.0601. The van der Waals surface area contributed by atoms with Crippen molar-refractivity contribution in [3.05, 3.63) is 56.0 Å². The highest BCUT2D eigenvalue weighted by atomic mass is 35.5. The van der Waals surface area contributed by atoms with Gasteiger partial charge < -0.3 is 20.1 Å². The number of benzene rings is 1. The second-order valence-corrected chi connectivity index (χ2v) is 14.0. The summed E-state index contributed by atoms with van der Waals surface area (Å²) in [7, 11) is 2.81. The van der Waals surface area contributed by atoms with Crippen LogP contribution in [0.5, 0.6) is 6.01 Å². The van der Waals surface area contributed by atoms with Crippen molar-refractivity contribution in [3.63, 3.8) is 0 Å². The first-order valence-electron chi connectivity index (χ1n) is 16.3. The zero-order valence-electron chi connectivity index (χ0n) is 27.4. The molecule has 4 aliphatic rings. The van der Waals surface area contributed by atoms with Crippen LogP contribution in [-0.2, 0) is 41.9 Å². The predicted molar refractivity (Wildman–Crippen MR) is 175 cm³/mol. The number of hydroxylamine groups is 2. The van der Waals surface area contributed by atoms with Crippen molar-refractivity contribution in [2.75, 3.05) is 51.0 Å². The second kappa shape index (κ2) is 13.3. The van der Waals surface area contributed by atoms with Gasteiger partial charge in [-0.15, -0.1) is 0 Å². The first-order chi connectivity index (χ1) is 23.8. The Morgan fingerprint density at radius 1 is 1.20 bits per heavy atom. The lowest BCUT2D eigenvalue weighted by Gasteiger charge is -2.33. The number of nitrogen functional groups attached to an aromatic ring is 1. The van der Waals surface area contributed by atoms with Gasteiger partial charge >= 0.3 is 12.2 Å². The first kappa shape index (κ1) is 35.0. The molecule has 270 valence electrons. The molecule has 1 amide bonds. The van der Waals surface area contributed by atoms with E-state index in [1.807, 2.05) is 4.90 Å². The monoisotopic (exact) mass is 742 g/mol. The van der Waals surface area contributed by atoms with Crippen LogP contribution in [0, 0.1) is 0 Å². The largest absolute Gasteiger partial charge is 0.461 e. The number of carbonyl (C=O) groups is 1. The minimum absolute atomic E-state index is 0.0195. The van der Waals surface area contributed by atoms with Gasteiger partial charge in [0, 0.05) is 50.8 Å². The standard InChI is InChI=1S/C32H36Cl2F4N8O4/c1-43(48-2)29(47)27-26(34)23-14-44(6-4-8-46(23)42-27)28-20-15-49-24(19-9-18(39)10-21(33)25(19)32(36,37)38)11-22(20)40-30(41-28)50-16-31-5-3-7-45(31)13-17(35)12-31/h9-10,17,24H,3-8,11-16,39H2,1-2H3/t17-,24+,31+/m1/s1. The number of ether oxygens (including phenoxy) is 2. The van der Waals surface area contributed by atoms with E-state index in [1.54, 1.807) is 4.68 Å². The van der Waals surface area contributed by atoms with E-state index >= 15 is 0 Å². The summed E-state index contributed by atoms with van der Waals surface area (Å²) in [6, 6.07) is 2.31. The third-order valence-corrected chi connectivity index (χ3v) is 10.8. The van der Waals surface area contributed by atoms with E-state index in [2.05, 4.69) is 10.00 Å². The molecule has 4 aliphatic heterocycles. The lowest BCUT2D eigenvalue weighted by molar-refractivity contribution is -0.139. The fourth-order valence-electron chi connectivity index (χ4n) is 7.64. The molecule has 2 N–H and O–H groups in total. The van der Waals surface area contributed by atoms with Crippen LogP contribution in [0.15, 0.2) is 12.1 Å². The van der Waals surface area contributed by atoms with E-state index in [1.165, 1.54) is 20.2 Å². The topological polar surface area (TPSA) is 124 Å². The highest BCUT2D eigenvalue weighted by molar-refractivity contribution is 6.34. The lowest BCUT2D eigenvalue weighted by Crippen LogP contribution is -2.43. The molecule has 1 aromatic carbocycles.